The van der Waals surface area contributed by atoms with Gasteiger partial charge in [0.05, 0.1) is 32.5 Å². The molecule has 1 amide bonds. The number of amides is 1. The summed E-state index contributed by atoms with van der Waals surface area (Å²) in [5.41, 5.74) is 3.50. The van der Waals surface area contributed by atoms with E-state index in [-0.39, 0.29) is 17.9 Å². The van der Waals surface area contributed by atoms with E-state index in [1.807, 2.05) is 33.8 Å². The highest BCUT2D eigenvalue weighted by atomic mass is 16.5. The molecule has 0 bridgehead atoms. The van der Waals surface area contributed by atoms with E-state index in [0.717, 1.165) is 59.9 Å². The Balaban J connectivity index is 1.72. The number of fused-ring (bicyclic) bond motifs is 1. The summed E-state index contributed by atoms with van der Waals surface area (Å²) in [6.45, 7) is 10.9. The lowest BCUT2D eigenvalue weighted by molar-refractivity contribution is -0.135. The van der Waals surface area contributed by atoms with E-state index in [9.17, 15) is 4.79 Å². The summed E-state index contributed by atoms with van der Waals surface area (Å²) in [7, 11) is 0. The van der Waals surface area contributed by atoms with Crippen LogP contribution < -0.4 is 18.9 Å². The first-order valence-electron chi connectivity index (χ1n) is 12.7. The number of ether oxygens (including phenoxy) is 4. The maximum absolute atomic E-state index is 13.3. The zero-order valence-corrected chi connectivity index (χ0v) is 20.9. The molecule has 1 heterocycles. The van der Waals surface area contributed by atoms with Crippen molar-refractivity contribution in [1.82, 2.24) is 4.90 Å². The molecule has 1 atom stereocenters. The van der Waals surface area contributed by atoms with E-state index >= 15 is 0 Å². The largest absolute Gasteiger partial charge is 0.490 e. The first-order valence-corrected chi connectivity index (χ1v) is 12.7. The van der Waals surface area contributed by atoms with Crippen molar-refractivity contribution in [1.29, 1.82) is 0 Å². The molecule has 2 aromatic carbocycles. The number of benzene rings is 2. The molecule has 6 nitrogen and oxygen atoms in total. The molecule has 0 saturated heterocycles. The standard InChI is InChI=1S/C28H37NO5/c1-5-31-24-12-9-19(16-25(24)32-6-2)15-23-22-18-27(34-8-4)26(33-7-3)17-21(22)13-14-29(23)28(30)20-10-11-20/h9,12,16-18,20,23H,5-8,10-11,13-15H2,1-4H3/t23-/m0/s1. The van der Waals surface area contributed by atoms with Crippen molar-refractivity contribution >= 4 is 5.91 Å². The Morgan fingerprint density at radius 2 is 1.41 bits per heavy atom. The minimum atomic E-state index is -0.0563. The molecule has 2 aromatic rings. The molecule has 1 fully saturated rings. The Labute approximate surface area is 203 Å². The number of hydrogen-bond acceptors (Lipinski definition) is 5. The zero-order chi connectivity index (χ0) is 24.1. The molecule has 0 unspecified atom stereocenters. The summed E-state index contributed by atoms with van der Waals surface area (Å²) in [5.74, 6) is 3.48. The highest BCUT2D eigenvalue weighted by molar-refractivity contribution is 5.82. The molecular weight excluding hydrogens is 430 g/mol. The van der Waals surface area contributed by atoms with Crippen LogP contribution in [0.15, 0.2) is 30.3 Å². The Morgan fingerprint density at radius 1 is 0.824 bits per heavy atom. The first kappa shape index (κ1) is 24.2. The van der Waals surface area contributed by atoms with Crippen molar-refractivity contribution in [2.45, 2.75) is 59.4 Å². The van der Waals surface area contributed by atoms with Crippen LogP contribution in [0.2, 0.25) is 0 Å². The third kappa shape index (κ3) is 5.26. The molecule has 1 saturated carbocycles. The lowest BCUT2D eigenvalue weighted by Gasteiger charge is -2.38. The minimum absolute atomic E-state index is 0.0563. The zero-order valence-electron chi connectivity index (χ0n) is 20.9. The van der Waals surface area contributed by atoms with Crippen LogP contribution in [0.5, 0.6) is 23.0 Å². The molecular formula is C28H37NO5. The van der Waals surface area contributed by atoms with Crippen LogP contribution in [0.4, 0.5) is 0 Å². The molecule has 6 heteroatoms. The highest BCUT2D eigenvalue weighted by Crippen LogP contribution is 2.43. The third-order valence-electron chi connectivity index (χ3n) is 6.41. The SMILES string of the molecule is CCOc1ccc(C[C@H]2c3cc(OCC)c(OCC)cc3CCN2C(=O)C2CC2)cc1OCC. The maximum atomic E-state index is 13.3. The molecule has 4 rings (SSSR count). The van der Waals surface area contributed by atoms with Crippen LogP contribution in [0.1, 0.15) is 63.3 Å². The number of carbonyl (C=O) groups excluding carboxylic acids is 1. The van der Waals surface area contributed by atoms with Crippen molar-refractivity contribution in [2.24, 2.45) is 5.92 Å². The molecule has 184 valence electrons. The lowest BCUT2D eigenvalue weighted by atomic mass is 9.87. The fraction of sp³-hybridized carbons (Fsp3) is 0.536. The third-order valence-corrected chi connectivity index (χ3v) is 6.41. The topological polar surface area (TPSA) is 57.2 Å². The highest BCUT2D eigenvalue weighted by Gasteiger charge is 2.39. The molecule has 1 aliphatic carbocycles. The smallest absolute Gasteiger partial charge is 0.226 e. The van der Waals surface area contributed by atoms with Gasteiger partial charge in [-0.25, -0.2) is 0 Å². The Morgan fingerprint density at radius 3 is 2.03 bits per heavy atom. The first-order chi connectivity index (χ1) is 16.6. The van der Waals surface area contributed by atoms with Crippen LogP contribution >= 0.6 is 0 Å². The maximum Gasteiger partial charge on any atom is 0.226 e. The van der Waals surface area contributed by atoms with Crippen LogP contribution in [0, 0.1) is 5.92 Å². The van der Waals surface area contributed by atoms with E-state index in [1.54, 1.807) is 0 Å². The number of nitrogens with zero attached hydrogens (tertiary/aromatic N) is 1. The minimum Gasteiger partial charge on any atom is -0.490 e. The van der Waals surface area contributed by atoms with E-state index in [4.69, 9.17) is 18.9 Å². The van der Waals surface area contributed by atoms with Gasteiger partial charge in [-0.2, -0.15) is 0 Å². The second-order valence-corrected chi connectivity index (χ2v) is 8.79. The second kappa shape index (κ2) is 11.0. The van der Waals surface area contributed by atoms with Gasteiger partial charge in [-0.1, -0.05) is 6.07 Å². The molecule has 34 heavy (non-hydrogen) atoms. The molecule has 0 N–H and O–H groups in total. The van der Waals surface area contributed by atoms with Crippen LogP contribution in [0.25, 0.3) is 0 Å². The van der Waals surface area contributed by atoms with E-state index in [1.165, 1.54) is 5.56 Å². The molecule has 0 radical (unpaired) electrons. The predicted octanol–water partition coefficient (Wildman–Crippen LogP) is 5.36. The summed E-state index contributed by atoms with van der Waals surface area (Å²) in [5, 5.41) is 0. The normalized spacial score (nSPS) is 17.2. The molecule has 1 aliphatic heterocycles. The lowest BCUT2D eigenvalue weighted by Crippen LogP contribution is -2.41. The second-order valence-electron chi connectivity index (χ2n) is 8.79. The van der Waals surface area contributed by atoms with Gasteiger partial charge in [-0.3, -0.25) is 4.79 Å². The van der Waals surface area contributed by atoms with Gasteiger partial charge >= 0.3 is 0 Å². The Bertz CT molecular complexity index is 1000. The monoisotopic (exact) mass is 467 g/mol. The summed E-state index contributed by atoms with van der Waals surface area (Å²) < 4.78 is 23.4. The van der Waals surface area contributed by atoms with E-state index in [2.05, 4.69) is 29.2 Å². The van der Waals surface area contributed by atoms with Gasteiger partial charge in [0.25, 0.3) is 0 Å². The van der Waals surface area contributed by atoms with Gasteiger partial charge in [-0.05, 0) is 94.3 Å². The Hall–Kier alpha value is -2.89. The van der Waals surface area contributed by atoms with Crippen LogP contribution in [0.3, 0.4) is 0 Å². The fourth-order valence-electron chi connectivity index (χ4n) is 4.74. The molecule has 2 aliphatic rings. The number of rotatable bonds is 11. The van der Waals surface area contributed by atoms with Gasteiger partial charge in [0.15, 0.2) is 23.0 Å². The average Bonchev–Trinajstić information content (AvgIpc) is 3.67. The van der Waals surface area contributed by atoms with Crippen molar-refractivity contribution in [2.75, 3.05) is 33.0 Å². The van der Waals surface area contributed by atoms with E-state index < -0.39 is 0 Å². The van der Waals surface area contributed by atoms with Gasteiger partial charge < -0.3 is 23.8 Å². The molecule has 0 spiro atoms. The van der Waals surface area contributed by atoms with Gasteiger partial charge in [-0.15, -0.1) is 0 Å². The molecule has 0 aromatic heterocycles. The summed E-state index contributed by atoms with van der Waals surface area (Å²) in [4.78, 5) is 15.4. The summed E-state index contributed by atoms with van der Waals surface area (Å²) in [6, 6.07) is 10.3. The van der Waals surface area contributed by atoms with Crippen molar-refractivity contribution in [3.05, 3.63) is 47.0 Å². The van der Waals surface area contributed by atoms with Crippen LogP contribution in [-0.2, 0) is 17.6 Å². The number of hydrogen-bond donors (Lipinski definition) is 0. The van der Waals surface area contributed by atoms with Gasteiger partial charge in [0, 0.05) is 12.5 Å². The Kier molecular flexibility index (Phi) is 7.86. The number of carbonyl (C=O) groups is 1. The van der Waals surface area contributed by atoms with Crippen molar-refractivity contribution in [3.8, 4) is 23.0 Å². The summed E-state index contributed by atoms with van der Waals surface area (Å²) >= 11 is 0. The van der Waals surface area contributed by atoms with Crippen molar-refractivity contribution in [3.63, 3.8) is 0 Å². The summed E-state index contributed by atoms with van der Waals surface area (Å²) in [6.07, 6.45) is 3.53. The predicted molar refractivity (Wildman–Crippen MR) is 132 cm³/mol. The van der Waals surface area contributed by atoms with Gasteiger partial charge in [0.1, 0.15) is 0 Å². The quantitative estimate of drug-likeness (QED) is 0.445. The average molecular weight is 468 g/mol. The van der Waals surface area contributed by atoms with Crippen LogP contribution in [-0.4, -0.2) is 43.8 Å². The fourth-order valence-corrected chi connectivity index (χ4v) is 4.74. The van der Waals surface area contributed by atoms with E-state index in [0.29, 0.717) is 32.8 Å². The van der Waals surface area contributed by atoms with Crippen molar-refractivity contribution < 1.29 is 23.7 Å². The van der Waals surface area contributed by atoms with Gasteiger partial charge in [0.2, 0.25) is 5.91 Å².